The van der Waals surface area contributed by atoms with Crippen LogP contribution in [0, 0.1) is 0 Å². The lowest BCUT2D eigenvalue weighted by atomic mass is 9.77. The van der Waals surface area contributed by atoms with E-state index in [1.807, 2.05) is 0 Å². The lowest BCUT2D eigenvalue weighted by Crippen LogP contribution is -2.34. The molecule has 0 radical (unpaired) electrons. The third-order valence-corrected chi connectivity index (χ3v) is 7.31. The monoisotopic (exact) mass is 569 g/mol. The van der Waals surface area contributed by atoms with Gasteiger partial charge in [0.1, 0.15) is 11.5 Å². The number of amides is 2. The van der Waals surface area contributed by atoms with Crippen LogP contribution in [-0.4, -0.2) is 43.0 Å². The van der Waals surface area contributed by atoms with Crippen LogP contribution in [0.15, 0.2) is 42.5 Å². The van der Waals surface area contributed by atoms with Gasteiger partial charge in [0.05, 0.1) is 46.5 Å². The highest BCUT2D eigenvalue weighted by atomic mass is 35.5. The summed E-state index contributed by atoms with van der Waals surface area (Å²) < 4.78 is 23.1. The van der Waals surface area contributed by atoms with Crippen LogP contribution in [-0.2, 0) is 24.8 Å². The molecule has 198 valence electrons. The molecule has 3 aromatic rings. The highest BCUT2D eigenvalue weighted by Crippen LogP contribution is 2.60. The normalized spacial score (nSPS) is 16.3. The fraction of sp³-hybridized carbons (Fsp3) is 0.185. The Labute approximate surface area is 230 Å². The second-order valence-corrected chi connectivity index (χ2v) is 9.68. The van der Waals surface area contributed by atoms with Crippen molar-refractivity contribution in [1.82, 2.24) is 5.06 Å². The number of ether oxygens (including phenoxy) is 4. The summed E-state index contributed by atoms with van der Waals surface area (Å²) in [5, 5.41) is 0.765. The summed E-state index contributed by atoms with van der Waals surface area (Å²) in [6, 6.07) is 10.4. The van der Waals surface area contributed by atoms with Crippen LogP contribution >= 0.6 is 23.2 Å². The predicted molar refractivity (Wildman–Crippen MR) is 134 cm³/mol. The first-order valence-corrected chi connectivity index (χ1v) is 12.3. The van der Waals surface area contributed by atoms with Crippen LogP contribution in [0.25, 0.3) is 0 Å². The molecule has 1 spiro atoms. The summed E-state index contributed by atoms with van der Waals surface area (Å²) in [4.78, 5) is 55.4. The molecule has 12 heteroatoms. The molecule has 0 aliphatic carbocycles. The number of carbonyl (C=O) groups is 4. The molecule has 6 rings (SSSR count). The number of esters is 1. The van der Waals surface area contributed by atoms with E-state index >= 15 is 0 Å². The van der Waals surface area contributed by atoms with Gasteiger partial charge in [-0.3, -0.25) is 9.59 Å². The Morgan fingerprint density at radius 2 is 1.41 bits per heavy atom. The molecule has 0 atom stereocenters. The molecular weight excluding hydrogens is 553 g/mol. The minimum atomic E-state index is -1.69. The van der Waals surface area contributed by atoms with Crippen molar-refractivity contribution in [2.75, 3.05) is 14.2 Å². The van der Waals surface area contributed by atoms with Crippen molar-refractivity contribution >= 4 is 47.0 Å². The number of hydrogen-bond donors (Lipinski definition) is 0. The maximum Gasteiger partial charge on any atom is 0.363 e. The Morgan fingerprint density at radius 3 is 1.95 bits per heavy atom. The maximum absolute atomic E-state index is 13.3. The number of imide groups is 1. The maximum atomic E-state index is 13.3. The quantitative estimate of drug-likeness (QED) is 0.322. The van der Waals surface area contributed by atoms with E-state index in [0.717, 1.165) is 0 Å². The largest absolute Gasteiger partial charge is 0.497 e. The first kappa shape index (κ1) is 25.0. The van der Waals surface area contributed by atoms with E-state index in [1.165, 1.54) is 44.6 Å². The molecule has 39 heavy (non-hydrogen) atoms. The lowest BCUT2D eigenvalue weighted by molar-refractivity contribution is -0.172. The number of methoxy groups -OCH3 is 2. The molecule has 2 amide bonds. The van der Waals surface area contributed by atoms with Crippen LogP contribution in [0.4, 0.5) is 0 Å². The average molecular weight is 570 g/mol. The van der Waals surface area contributed by atoms with E-state index in [4.69, 9.17) is 47.0 Å². The Bertz CT molecular complexity index is 1560. The average Bonchev–Trinajstić information content (AvgIpc) is 3.40. The number of halogens is 2. The molecule has 3 aliphatic heterocycles. The second kappa shape index (κ2) is 8.89. The van der Waals surface area contributed by atoms with E-state index in [1.54, 1.807) is 12.1 Å². The molecule has 0 saturated carbocycles. The van der Waals surface area contributed by atoms with Crippen molar-refractivity contribution in [3.05, 3.63) is 80.3 Å². The molecular formula is C27H17Cl2NO9. The third kappa shape index (κ3) is 3.63. The smallest absolute Gasteiger partial charge is 0.363 e. The molecule has 3 aliphatic rings. The minimum absolute atomic E-state index is 0.0449. The van der Waals surface area contributed by atoms with Gasteiger partial charge in [-0.25, -0.2) is 9.59 Å². The van der Waals surface area contributed by atoms with Gasteiger partial charge in [0.2, 0.25) is 0 Å². The van der Waals surface area contributed by atoms with Crippen molar-refractivity contribution < 1.29 is 43.0 Å². The SMILES string of the molecule is COc1cc(Cl)c2c(c1)C1(OC(=O)c3ccc(C(=O)ON4C(=O)CCC4=O)cc31)c1cc(OC)cc(Cl)c1O2. The second-order valence-electron chi connectivity index (χ2n) is 8.87. The molecule has 10 nitrogen and oxygen atoms in total. The fourth-order valence-corrected chi connectivity index (χ4v) is 5.43. The van der Waals surface area contributed by atoms with Gasteiger partial charge in [-0.2, -0.15) is 0 Å². The first-order chi connectivity index (χ1) is 18.7. The number of fused-ring (bicyclic) bond motifs is 6. The van der Waals surface area contributed by atoms with Crippen molar-refractivity contribution in [2.45, 2.75) is 18.4 Å². The van der Waals surface area contributed by atoms with E-state index in [2.05, 4.69) is 0 Å². The van der Waals surface area contributed by atoms with Gasteiger partial charge in [0.15, 0.2) is 17.1 Å². The fourth-order valence-electron chi connectivity index (χ4n) is 4.93. The molecule has 0 bridgehead atoms. The van der Waals surface area contributed by atoms with Gasteiger partial charge < -0.3 is 23.8 Å². The summed E-state index contributed by atoms with van der Waals surface area (Å²) in [5.41, 5.74) is -0.716. The zero-order valence-electron chi connectivity index (χ0n) is 20.3. The van der Waals surface area contributed by atoms with Crippen molar-refractivity contribution in [3.8, 4) is 23.0 Å². The van der Waals surface area contributed by atoms with Gasteiger partial charge in [0, 0.05) is 30.5 Å². The van der Waals surface area contributed by atoms with Crippen molar-refractivity contribution in [1.29, 1.82) is 0 Å². The summed E-state index contributed by atoms with van der Waals surface area (Å²) in [7, 11) is 2.90. The standard InChI is InChI=1S/C27H17Cl2NO9/c1-35-13-8-17-23(19(28)10-13)37-24-18(9-14(36-2)11-20(24)29)27(17)16-7-12(3-4-15(16)26(34)38-27)25(33)39-30-21(31)5-6-22(30)32/h3-4,7-11H,5-6H2,1-2H3. The Morgan fingerprint density at radius 1 is 0.846 bits per heavy atom. The minimum Gasteiger partial charge on any atom is -0.497 e. The number of rotatable bonds is 4. The molecule has 0 aromatic heterocycles. The highest BCUT2D eigenvalue weighted by Gasteiger charge is 2.55. The topological polar surface area (TPSA) is 118 Å². The van der Waals surface area contributed by atoms with Crippen molar-refractivity contribution in [2.24, 2.45) is 0 Å². The van der Waals surface area contributed by atoms with Crippen LogP contribution in [0.2, 0.25) is 10.0 Å². The summed E-state index contributed by atoms with van der Waals surface area (Å²) >= 11 is 13.2. The number of hydroxylamine groups is 2. The van der Waals surface area contributed by atoms with Crippen LogP contribution in [0.1, 0.15) is 50.2 Å². The lowest BCUT2D eigenvalue weighted by Gasteiger charge is -2.37. The molecule has 1 fully saturated rings. The van der Waals surface area contributed by atoms with Gasteiger partial charge in [-0.15, -0.1) is 5.06 Å². The number of nitrogens with zero attached hydrogens (tertiary/aromatic N) is 1. The van der Waals surface area contributed by atoms with E-state index < -0.39 is 29.4 Å². The van der Waals surface area contributed by atoms with Crippen LogP contribution in [0.5, 0.6) is 23.0 Å². The van der Waals surface area contributed by atoms with Gasteiger partial charge in [0.25, 0.3) is 11.8 Å². The van der Waals surface area contributed by atoms with E-state index in [0.29, 0.717) is 27.7 Å². The molecule has 1 saturated heterocycles. The number of benzene rings is 3. The highest BCUT2D eigenvalue weighted by molar-refractivity contribution is 6.33. The molecule has 0 unspecified atom stereocenters. The first-order valence-electron chi connectivity index (χ1n) is 11.6. The Kier molecular flexibility index (Phi) is 5.70. The summed E-state index contributed by atoms with van der Waals surface area (Å²) in [5.74, 6) is -1.88. The summed E-state index contributed by atoms with van der Waals surface area (Å²) in [6.45, 7) is 0. The van der Waals surface area contributed by atoms with Gasteiger partial charge in [-0.1, -0.05) is 23.2 Å². The van der Waals surface area contributed by atoms with E-state index in [-0.39, 0.29) is 51.1 Å². The number of carbonyl (C=O) groups excluding carboxylic acids is 4. The predicted octanol–water partition coefficient (Wildman–Crippen LogP) is 4.80. The Hall–Kier alpha value is -4.28. The third-order valence-electron chi connectivity index (χ3n) is 6.75. The molecule has 0 N–H and O–H groups in total. The van der Waals surface area contributed by atoms with Gasteiger partial charge >= 0.3 is 11.9 Å². The van der Waals surface area contributed by atoms with Crippen molar-refractivity contribution in [3.63, 3.8) is 0 Å². The molecule has 3 heterocycles. The van der Waals surface area contributed by atoms with Gasteiger partial charge in [-0.05, 0) is 30.3 Å². The Balaban J connectivity index is 1.59. The van der Waals surface area contributed by atoms with E-state index in [9.17, 15) is 19.2 Å². The zero-order chi connectivity index (χ0) is 27.6. The number of hydrogen-bond acceptors (Lipinski definition) is 9. The zero-order valence-corrected chi connectivity index (χ0v) is 21.8. The van der Waals surface area contributed by atoms with Crippen LogP contribution < -0.4 is 14.2 Å². The summed E-state index contributed by atoms with van der Waals surface area (Å²) in [6.07, 6.45) is -0.110. The molecule has 3 aromatic carbocycles. The van der Waals surface area contributed by atoms with Crippen LogP contribution in [0.3, 0.4) is 0 Å².